The van der Waals surface area contributed by atoms with Crippen LogP contribution < -0.4 is 10.2 Å². The van der Waals surface area contributed by atoms with Gasteiger partial charge in [0.15, 0.2) is 5.82 Å². The van der Waals surface area contributed by atoms with Crippen molar-refractivity contribution in [3.63, 3.8) is 0 Å². The van der Waals surface area contributed by atoms with E-state index in [4.69, 9.17) is 4.74 Å². The number of H-pyrrole nitrogens is 1. The van der Waals surface area contributed by atoms with Crippen molar-refractivity contribution in [1.82, 2.24) is 10.2 Å². The smallest absolute Gasteiger partial charge is 0.156 e. The Balaban J connectivity index is 1.63. The molecular formula is C21H23N5O. The standard InChI is InChI=1S/C21H23N5O/c1-14-16(13-22)4-3-5-18(14)15(2)23-21-19-12-17(6-7-20(19)24-25-21)26-8-10-27-11-9-26/h3-7,12,15H,8-11H2,1-2H3,(H2,23,24,25)/t15-/m1/s1. The predicted octanol–water partition coefficient (Wildman–Crippen LogP) is 3.75. The molecule has 0 unspecified atom stereocenters. The summed E-state index contributed by atoms with van der Waals surface area (Å²) in [5, 5.41) is 21.4. The Bertz CT molecular complexity index is 997. The second-order valence-corrected chi connectivity index (χ2v) is 6.90. The number of anilines is 2. The van der Waals surface area contributed by atoms with Gasteiger partial charge in [0.05, 0.1) is 36.4 Å². The number of rotatable bonds is 4. The Morgan fingerprint density at radius 3 is 2.85 bits per heavy atom. The van der Waals surface area contributed by atoms with E-state index in [0.717, 1.165) is 54.2 Å². The Morgan fingerprint density at radius 2 is 2.07 bits per heavy atom. The maximum atomic E-state index is 9.28. The van der Waals surface area contributed by atoms with Crippen molar-refractivity contribution in [3.8, 4) is 6.07 Å². The monoisotopic (exact) mass is 361 g/mol. The minimum absolute atomic E-state index is 0.0387. The SMILES string of the molecule is Cc1c(C#N)cccc1[C@@H](C)Nc1n[nH]c2ccc(N3CCOCC3)cc12. The van der Waals surface area contributed by atoms with E-state index >= 15 is 0 Å². The molecule has 2 N–H and O–H groups in total. The summed E-state index contributed by atoms with van der Waals surface area (Å²) in [4.78, 5) is 2.34. The van der Waals surface area contributed by atoms with Gasteiger partial charge < -0.3 is 15.0 Å². The second kappa shape index (κ2) is 7.29. The number of nitrogens with zero attached hydrogens (tertiary/aromatic N) is 3. The topological polar surface area (TPSA) is 77.0 Å². The lowest BCUT2D eigenvalue weighted by molar-refractivity contribution is 0.122. The number of nitrogens with one attached hydrogen (secondary N) is 2. The first-order valence-corrected chi connectivity index (χ1v) is 9.24. The average molecular weight is 361 g/mol. The van der Waals surface area contributed by atoms with Gasteiger partial charge in [0, 0.05) is 24.2 Å². The fourth-order valence-corrected chi connectivity index (χ4v) is 3.66. The van der Waals surface area contributed by atoms with Gasteiger partial charge in [0.25, 0.3) is 0 Å². The van der Waals surface area contributed by atoms with Crippen molar-refractivity contribution in [3.05, 3.63) is 53.1 Å². The molecule has 0 amide bonds. The molecule has 1 fully saturated rings. The summed E-state index contributed by atoms with van der Waals surface area (Å²) in [6.45, 7) is 7.42. The molecule has 2 heterocycles. The van der Waals surface area contributed by atoms with Gasteiger partial charge in [-0.05, 0) is 49.2 Å². The maximum absolute atomic E-state index is 9.28. The Morgan fingerprint density at radius 1 is 1.26 bits per heavy atom. The van der Waals surface area contributed by atoms with Crippen LogP contribution in [-0.2, 0) is 4.74 Å². The van der Waals surface area contributed by atoms with Crippen molar-refractivity contribution in [2.45, 2.75) is 19.9 Å². The van der Waals surface area contributed by atoms with E-state index in [2.05, 4.69) is 57.7 Å². The minimum Gasteiger partial charge on any atom is -0.378 e. The highest BCUT2D eigenvalue weighted by Gasteiger charge is 2.16. The zero-order chi connectivity index (χ0) is 18.8. The van der Waals surface area contributed by atoms with Crippen molar-refractivity contribution >= 4 is 22.4 Å². The molecule has 0 bridgehead atoms. The van der Waals surface area contributed by atoms with Crippen LogP contribution >= 0.6 is 0 Å². The van der Waals surface area contributed by atoms with E-state index in [1.54, 1.807) is 0 Å². The number of hydrogen-bond acceptors (Lipinski definition) is 5. The Labute approximate surface area is 158 Å². The molecule has 1 aromatic heterocycles. The predicted molar refractivity (Wildman–Crippen MR) is 107 cm³/mol. The summed E-state index contributed by atoms with van der Waals surface area (Å²) >= 11 is 0. The van der Waals surface area contributed by atoms with Gasteiger partial charge in [-0.2, -0.15) is 10.4 Å². The Kier molecular flexibility index (Phi) is 4.69. The summed E-state index contributed by atoms with van der Waals surface area (Å²) in [7, 11) is 0. The molecule has 1 saturated heterocycles. The van der Waals surface area contributed by atoms with E-state index < -0.39 is 0 Å². The molecule has 0 saturated carbocycles. The van der Waals surface area contributed by atoms with Crippen molar-refractivity contribution in [2.75, 3.05) is 36.5 Å². The summed E-state index contributed by atoms with van der Waals surface area (Å²) in [5.74, 6) is 0.828. The third-order valence-electron chi connectivity index (χ3n) is 5.24. The van der Waals surface area contributed by atoms with Crippen LogP contribution in [0.4, 0.5) is 11.5 Å². The number of nitriles is 1. The molecule has 6 heteroatoms. The first kappa shape index (κ1) is 17.4. The largest absolute Gasteiger partial charge is 0.378 e. The van der Waals surface area contributed by atoms with Crippen molar-refractivity contribution < 1.29 is 4.74 Å². The molecule has 3 aromatic rings. The summed E-state index contributed by atoms with van der Waals surface area (Å²) in [5.41, 5.74) is 5.01. The number of aromatic nitrogens is 2. The van der Waals surface area contributed by atoms with Crippen LogP contribution in [0.25, 0.3) is 10.9 Å². The fraction of sp³-hybridized carbons (Fsp3) is 0.333. The highest BCUT2D eigenvalue weighted by atomic mass is 16.5. The summed E-state index contributed by atoms with van der Waals surface area (Å²) < 4.78 is 5.45. The maximum Gasteiger partial charge on any atom is 0.156 e. The van der Waals surface area contributed by atoms with Gasteiger partial charge in [-0.15, -0.1) is 0 Å². The van der Waals surface area contributed by atoms with E-state index in [9.17, 15) is 5.26 Å². The summed E-state index contributed by atoms with van der Waals surface area (Å²) in [6.07, 6.45) is 0. The molecule has 1 aliphatic heterocycles. The van der Waals surface area contributed by atoms with Crippen LogP contribution in [0, 0.1) is 18.3 Å². The van der Waals surface area contributed by atoms with Gasteiger partial charge in [0.2, 0.25) is 0 Å². The first-order chi connectivity index (χ1) is 13.2. The van der Waals surface area contributed by atoms with E-state index in [-0.39, 0.29) is 6.04 Å². The zero-order valence-electron chi connectivity index (χ0n) is 15.6. The number of morpholine rings is 1. The van der Waals surface area contributed by atoms with Crippen LogP contribution in [0.5, 0.6) is 0 Å². The third-order valence-corrected chi connectivity index (χ3v) is 5.24. The van der Waals surface area contributed by atoms with E-state index in [1.807, 2.05) is 19.1 Å². The zero-order valence-corrected chi connectivity index (χ0v) is 15.6. The van der Waals surface area contributed by atoms with Crippen LogP contribution in [0.3, 0.4) is 0 Å². The minimum atomic E-state index is 0.0387. The number of aromatic amines is 1. The van der Waals surface area contributed by atoms with E-state index in [1.165, 1.54) is 5.69 Å². The van der Waals surface area contributed by atoms with Gasteiger partial charge in [-0.3, -0.25) is 5.10 Å². The highest BCUT2D eigenvalue weighted by molar-refractivity contribution is 5.92. The van der Waals surface area contributed by atoms with Crippen molar-refractivity contribution in [2.24, 2.45) is 0 Å². The van der Waals surface area contributed by atoms with Crippen molar-refractivity contribution in [1.29, 1.82) is 5.26 Å². The molecule has 0 radical (unpaired) electrons. The molecule has 4 rings (SSSR count). The van der Waals surface area contributed by atoms with Gasteiger partial charge in [-0.1, -0.05) is 12.1 Å². The lowest BCUT2D eigenvalue weighted by atomic mass is 9.98. The van der Waals surface area contributed by atoms with E-state index in [0.29, 0.717) is 5.56 Å². The Hall–Kier alpha value is -3.04. The molecular weight excluding hydrogens is 338 g/mol. The fourth-order valence-electron chi connectivity index (χ4n) is 3.66. The molecule has 0 spiro atoms. The van der Waals surface area contributed by atoms with Crippen LogP contribution in [-0.4, -0.2) is 36.5 Å². The number of fused-ring (bicyclic) bond motifs is 1. The van der Waals surface area contributed by atoms with Gasteiger partial charge >= 0.3 is 0 Å². The number of ether oxygens (including phenoxy) is 1. The quantitative estimate of drug-likeness (QED) is 0.740. The lowest BCUT2D eigenvalue weighted by Crippen LogP contribution is -2.36. The molecule has 1 atom stereocenters. The van der Waals surface area contributed by atoms with Crippen LogP contribution in [0.2, 0.25) is 0 Å². The number of benzene rings is 2. The third kappa shape index (κ3) is 3.34. The van der Waals surface area contributed by atoms with Gasteiger partial charge in [0.1, 0.15) is 0 Å². The molecule has 138 valence electrons. The first-order valence-electron chi connectivity index (χ1n) is 9.24. The summed E-state index contributed by atoms with van der Waals surface area (Å²) in [6, 6.07) is 14.5. The normalized spacial score (nSPS) is 15.5. The lowest BCUT2D eigenvalue weighted by Gasteiger charge is -2.28. The molecule has 2 aromatic carbocycles. The highest BCUT2D eigenvalue weighted by Crippen LogP contribution is 2.30. The molecule has 6 nitrogen and oxygen atoms in total. The number of hydrogen-bond donors (Lipinski definition) is 2. The second-order valence-electron chi connectivity index (χ2n) is 6.90. The van der Waals surface area contributed by atoms with Crippen LogP contribution in [0.15, 0.2) is 36.4 Å². The molecule has 0 aliphatic carbocycles. The molecule has 27 heavy (non-hydrogen) atoms. The van der Waals surface area contributed by atoms with Gasteiger partial charge in [-0.25, -0.2) is 0 Å². The average Bonchev–Trinajstić information content (AvgIpc) is 3.10. The molecule has 1 aliphatic rings. The van der Waals surface area contributed by atoms with Crippen LogP contribution in [0.1, 0.15) is 29.7 Å².